The Kier molecular flexibility index (Phi) is 5.42. The highest BCUT2D eigenvalue weighted by Gasteiger charge is 2.22. The number of hydrogen-bond acceptors (Lipinski definition) is 2. The fraction of sp³-hybridized carbons (Fsp3) is 0.429. The topological polar surface area (TPSA) is 18.5 Å². The van der Waals surface area contributed by atoms with E-state index in [9.17, 15) is 0 Å². The van der Waals surface area contributed by atoms with Crippen molar-refractivity contribution in [2.45, 2.75) is 45.4 Å². The zero-order valence-corrected chi connectivity index (χ0v) is 15.3. The van der Waals surface area contributed by atoms with Crippen LogP contribution in [0, 0.1) is 0 Å². The van der Waals surface area contributed by atoms with Crippen molar-refractivity contribution in [1.82, 2.24) is 0 Å². The molecule has 0 atom stereocenters. The van der Waals surface area contributed by atoms with E-state index in [-0.39, 0.29) is 7.12 Å². The van der Waals surface area contributed by atoms with Crippen LogP contribution >= 0.6 is 0 Å². The van der Waals surface area contributed by atoms with Crippen LogP contribution in [0.2, 0.25) is 0 Å². The molecular weight excluding hydrogens is 295 g/mol. The van der Waals surface area contributed by atoms with E-state index in [1.807, 2.05) is 0 Å². The molecule has 3 heteroatoms. The average Bonchev–Trinajstić information content (AvgIpc) is 2.58. The van der Waals surface area contributed by atoms with Gasteiger partial charge < -0.3 is 9.31 Å². The molecule has 0 fully saturated rings. The lowest BCUT2D eigenvalue weighted by Crippen LogP contribution is -2.38. The summed E-state index contributed by atoms with van der Waals surface area (Å²) in [5, 5.41) is 0. The minimum Gasteiger partial charge on any atom is -0.410 e. The van der Waals surface area contributed by atoms with Crippen LogP contribution in [-0.2, 0) is 35.0 Å². The molecule has 24 heavy (non-hydrogen) atoms. The molecule has 126 valence electrons. The van der Waals surface area contributed by atoms with Gasteiger partial charge in [-0.05, 0) is 64.9 Å². The van der Waals surface area contributed by atoms with Gasteiger partial charge in [0, 0.05) is 14.2 Å². The summed E-state index contributed by atoms with van der Waals surface area (Å²) in [5.74, 6) is 0.564. The minimum absolute atomic E-state index is 0.284. The van der Waals surface area contributed by atoms with Gasteiger partial charge >= 0.3 is 7.12 Å². The SMILES string of the molecule is COB(OC)c1cc2ccc1CCc1ccc(cc1C(C)C)CC2. The van der Waals surface area contributed by atoms with Crippen molar-refractivity contribution in [2.75, 3.05) is 14.2 Å². The summed E-state index contributed by atoms with van der Waals surface area (Å²) in [6.45, 7) is 4.58. The molecule has 0 spiro atoms. The molecule has 0 aliphatic heterocycles. The summed E-state index contributed by atoms with van der Waals surface area (Å²) in [5.41, 5.74) is 8.26. The maximum absolute atomic E-state index is 5.54. The first-order valence-corrected chi connectivity index (χ1v) is 8.91. The molecule has 0 aromatic heterocycles. The Bertz CT molecular complexity index is 705. The molecule has 2 aromatic carbocycles. The maximum Gasteiger partial charge on any atom is 0.493 e. The summed E-state index contributed by atoms with van der Waals surface area (Å²) in [4.78, 5) is 0. The van der Waals surface area contributed by atoms with E-state index in [0.717, 1.165) is 25.7 Å². The normalized spacial score (nSPS) is 13.9. The van der Waals surface area contributed by atoms with Gasteiger partial charge in [0.05, 0.1) is 0 Å². The van der Waals surface area contributed by atoms with Crippen LogP contribution in [0.1, 0.15) is 47.6 Å². The van der Waals surface area contributed by atoms with Gasteiger partial charge in [0.1, 0.15) is 0 Å². The molecule has 0 heterocycles. The average molecular weight is 322 g/mol. The molecule has 0 amide bonds. The molecule has 6 rings (SSSR count). The zero-order valence-electron chi connectivity index (χ0n) is 15.3. The van der Waals surface area contributed by atoms with Crippen LogP contribution in [-0.4, -0.2) is 21.3 Å². The number of rotatable bonds is 4. The van der Waals surface area contributed by atoms with Crippen molar-refractivity contribution in [3.05, 3.63) is 64.2 Å². The molecule has 2 nitrogen and oxygen atoms in total. The van der Waals surface area contributed by atoms with E-state index in [1.54, 1.807) is 14.2 Å². The summed E-state index contributed by atoms with van der Waals surface area (Å²) in [7, 11) is 3.14. The highest BCUT2D eigenvalue weighted by atomic mass is 16.6. The summed E-state index contributed by atoms with van der Waals surface area (Å²) >= 11 is 0. The third kappa shape index (κ3) is 3.58. The molecule has 0 N–H and O–H groups in total. The first-order chi connectivity index (χ1) is 11.6. The van der Waals surface area contributed by atoms with Gasteiger partial charge in [-0.1, -0.05) is 50.2 Å². The molecule has 2 aromatic rings. The molecule has 4 aliphatic carbocycles. The van der Waals surface area contributed by atoms with Gasteiger partial charge in [0.2, 0.25) is 0 Å². The van der Waals surface area contributed by atoms with E-state index in [4.69, 9.17) is 9.31 Å². The Hall–Kier alpha value is -1.58. The molecule has 0 saturated heterocycles. The van der Waals surface area contributed by atoms with E-state index in [2.05, 4.69) is 50.2 Å². The lowest BCUT2D eigenvalue weighted by molar-refractivity contribution is 0.291. The molecule has 0 radical (unpaired) electrons. The molecule has 4 aliphatic rings. The van der Waals surface area contributed by atoms with Gasteiger partial charge in [-0.2, -0.15) is 0 Å². The fourth-order valence-electron chi connectivity index (χ4n) is 3.72. The number of hydrogen-bond donors (Lipinski definition) is 0. The second kappa shape index (κ2) is 7.54. The Balaban J connectivity index is 2.02. The smallest absolute Gasteiger partial charge is 0.410 e. The van der Waals surface area contributed by atoms with E-state index in [0.29, 0.717) is 5.92 Å². The Morgan fingerprint density at radius 1 is 0.792 bits per heavy atom. The van der Waals surface area contributed by atoms with Crippen LogP contribution < -0.4 is 5.46 Å². The lowest BCUT2D eigenvalue weighted by Gasteiger charge is -2.19. The molecular formula is C21H27BO2. The van der Waals surface area contributed by atoms with Crippen LogP contribution in [0.4, 0.5) is 0 Å². The van der Waals surface area contributed by atoms with Crippen LogP contribution in [0.3, 0.4) is 0 Å². The minimum atomic E-state index is -0.284. The van der Waals surface area contributed by atoms with Gasteiger partial charge in [-0.15, -0.1) is 0 Å². The Morgan fingerprint density at radius 2 is 1.38 bits per heavy atom. The van der Waals surface area contributed by atoms with Gasteiger partial charge in [-0.25, -0.2) is 0 Å². The van der Waals surface area contributed by atoms with E-state index >= 15 is 0 Å². The fourth-order valence-corrected chi connectivity index (χ4v) is 3.72. The summed E-state index contributed by atoms with van der Waals surface area (Å²) in [6, 6.07) is 13.9. The maximum atomic E-state index is 5.54. The Morgan fingerprint density at radius 3 is 2.00 bits per heavy atom. The van der Waals surface area contributed by atoms with E-state index < -0.39 is 0 Å². The van der Waals surface area contributed by atoms with Gasteiger partial charge in [-0.3, -0.25) is 0 Å². The highest BCUT2D eigenvalue weighted by molar-refractivity contribution is 6.61. The first kappa shape index (κ1) is 17.3. The van der Waals surface area contributed by atoms with Crippen molar-refractivity contribution in [3.8, 4) is 0 Å². The van der Waals surface area contributed by atoms with Crippen molar-refractivity contribution < 1.29 is 9.31 Å². The number of benzene rings is 2. The largest absolute Gasteiger partial charge is 0.493 e. The molecule has 0 saturated carbocycles. The molecule has 4 bridgehead atoms. The highest BCUT2D eigenvalue weighted by Crippen LogP contribution is 2.24. The second-order valence-electron chi connectivity index (χ2n) is 7.02. The number of aryl methyl sites for hydroxylation is 4. The predicted molar refractivity (Wildman–Crippen MR) is 101 cm³/mol. The van der Waals surface area contributed by atoms with E-state index in [1.165, 1.54) is 33.3 Å². The van der Waals surface area contributed by atoms with Crippen molar-refractivity contribution >= 4 is 12.6 Å². The lowest BCUT2D eigenvalue weighted by atomic mass is 9.73. The first-order valence-electron chi connectivity index (χ1n) is 8.91. The van der Waals surface area contributed by atoms with Crippen LogP contribution in [0.25, 0.3) is 0 Å². The Labute approximate surface area is 146 Å². The van der Waals surface area contributed by atoms with Gasteiger partial charge in [0.15, 0.2) is 0 Å². The zero-order chi connectivity index (χ0) is 17.1. The molecule has 0 unspecified atom stereocenters. The van der Waals surface area contributed by atoms with Crippen molar-refractivity contribution in [2.24, 2.45) is 0 Å². The van der Waals surface area contributed by atoms with Crippen molar-refractivity contribution in [1.29, 1.82) is 0 Å². The standard InChI is InChI=1S/C21H27BO2/c1-15(2)20-13-16-5-6-17-8-10-19(12-11-18(20)9-7-16)21(14-17)22(23-3)24-4/h7-10,13-15H,5-6,11-12H2,1-4H3. The summed E-state index contributed by atoms with van der Waals surface area (Å²) < 4.78 is 11.1. The van der Waals surface area contributed by atoms with Crippen molar-refractivity contribution in [3.63, 3.8) is 0 Å². The third-order valence-electron chi connectivity index (χ3n) is 5.09. The van der Waals surface area contributed by atoms with Gasteiger partial charge in [0.25, 0.3) is 0 Å². The third-order valence-corrected chi connectivity index (χ3v) is 5.09. The monoisotopic (exact) mass is 322 g/mol. The predicted octanol–water partition coefficient (Wildman–Crippen LogP) is 3.68. The quantitative estimate of drug-likeness (QED) is 0.800. The summed E-state index contributed by atoms with van der Waals surface area (Å²) in [6.07, 6.45) is 4.19. The van der Waals surface area contributed by atoms with Crippen LogP contribution in [0.5, 0.6) is 0 Å². The van der Waals surface area contributed by atoms with Crippen LogP contribution in [0.15, 0.2) is 36.4 Å². The second-order valence-corrected chi connectivity index (χ2v) is 7.02.